The molecule has 1 fully saturated rings. The van der Waals surface area contributed by atoms with Crippen LogP contribution in [0.15, 0.2) is 0 Å². The van der Waals surface area contributed by atoms with Gasteiger partial charge in [-0.25, -0.2) is 0 Å². The summed E-state index contributed by atoms with van der Waals surface area (Å²) in [5.74, 6) is 0. The Hall–Kier alpha value is -0.120. The first-order chi connectivity index (χ1) is 7.15. The molecule has 1 heterocycles. The molecule has 3 nitrogen and oxygen atoms in total. The molecule has 0 spiro atoms. The maximum absolute atomic E-state index is 5.57. The van der Waals surface area contributed by atoms with Crippen molar-refractivity contribution in [3.63, 3.8) is 0 Å². The third-order valence-corrected chi connectivity index (χ3v) is 3.47. The van der Waals surface area contributed by atoms with Gasteiger partial charge in [0.25, 0.3) is 0 Å². The van der Waals surface area contributed by atoms with Crippen molar-refractivity contribution in [2.75, 3.05) is 26.7 Å². The fourth-order valence-electron chi connectivity index (χ4n) is 2.10. The van der Waals surface area contributed by atoms with Crippen molar-refractivity contribution in [2.45, 2.75) is 51.8 Å². The van der Waals surface area contributed by atoms with Gasteiger partial charge in [-0.05, 0) is 33.7 Å². The van der Waals surface area contributed by atoms with Gasteiger partial charge in [-0.15, -0.1) is 0 Å². The van der Waals surface area contributed by atoms with E-state index in [1.807, 2.05) is 0 Å². The quantitative estimate of drug-likeness (QED) is 0.725. The predicted octanol–water partition coefficient (Wildman–Crippen LogP) is 1.48. The minimum absolute atomic E-state index is 0.401. The number of hydrogen-bond donors (Lipinski definition) is 1. The number of rotatable bonds is 6. The monoisotopic (exact) mass is 214 g/mol. The van der Waals surface area contributed by atoms with Gasteiger partial charge in [0, 0.05) is 31.8 Å². The SMILES string of the molecule is CCC(C)NCCN(C)C1CCOC1C. The fraction of sp³-hybridized carbons (Fsp3) is 1.00. The molecule has 3 unspecified atom stereocenters. The van der Waals surface area contributed by atoms with Crippen molar-refractivity contribution in [2.24, 2.45) is 0 Å². The molecule has 0 aromatic heterocycles. The Kier molecular flexibility index (Phi) is 5.58. The molecule has 15 heavy (non-hydrogen) atoms. The maximum Gasteiger partial charge on any atom is 0.0702 e. The number of hydrogen-bond acceptors (Lipinski definition) is 3. The molecule has 1 aliphatic heterocycles. The van der Waals surface area contributed by atoms with Crippen molar-refractivity contribution in [3.8, 4) is 0 Å². The Labute approximate surface area is 94.2 Å². The van der Waals surface area contributed by atoms with Crippen LogP contribution in [0, 0.1) is 0 Å². The largest absolute Gasteiger partial charge is 0.377 e. The maximum atomic E-state index is 5.57. The van der Waals surface area contributed by atoms with Gasteiger partial charge < -0.3 is 10.1 Å². The zero-order valence-corrected chi connectivity index (χ0v) is 10.6. The highest BCUT2D eigenvalue weighted by Crippen LogP contribution is 2.17. The highest BCUT2D eigenvalue weighted by atomic mass is 16.5. The zero-order chi connectivity index (χ0) is 11.3. The van der Waals surface area contributed by atoms with Gasteiger partial charge in [-0.2, -0.15) is 0 Å². The lowest BCUT2D eigenvalue weighted by molar-refractivity contribution is 0.0838. The lowest BCUT2D eigenvalue weighted by atomic mass is 10.1. The summed E-state index contributed by atoms with van der Waals surface area (Å²) in [6.07, 6.45) is 2.78. The van der Waals surface area contributed by atoms with Crippen molar-refractivity contribution in [3.05, 3.63) is 0 Å². The molecule has 1 rings (SSSR count). The minimum Gasteiger partial charge on any atom is -0.377 e. The first kappa shape index (κ1) is 12.9. The average Bonchev–Trinajstić information content (AvgIpc) is 2.64. The zero-order valence-electron chi connectivity index (χ0n) is 10.6. The summed E-state index contributed by atoms with van der Waals surface area (Å²) in [5.41, 5.74) is 0. The van der Waals surface area contributed by atoms with E-state index in [0.29, 0.717) is 18.2 Å². The van der Waals surface area contributed by atoms with Crippen LogP contribution in [0.25, 0.3) is 0 Å². The normalized spacial score (nSPS) is 28.6. The first-order valence-corrected chi connectivity index (χ1v) is 6.20. The van der Waals surface area contributed by atoms with Gasteiger partial charge in [0.1, 0.15) is 0 Å². The number of ether oxygens (including phenoxy) is 1. The molecule has 0 aromatic rings. The van der Waals surface area contributed by atoms with Gasteiger partial charge in [-0.1, -0.05) is 6.92 Å². The summed E-state index contributed by atoms with van der Waals surface area (Å²) in [7, 11) is 2.20. The van der Waals surface area contributed by atoms with Crippen LogP contribution in [0.1, 0.15) is 33.6 Å². The van der Waals surface area contributed by atoms with E-state index in [4.69, 9.17) is 4.74 Å². The molecule has 0 aromatic carbocycles. The van der Waals surface area contributed by atoms with Crippen LogP contribution >= 0.6 is 0 Å². The van der Waals surface area contributed by atoms with Crippen LogP contribution in [0.5, 0.6) is 0 Å². The van der Waals surface area contributed by atoms with E-state index in [1.54, 1.807) is 0 Å². The van der Waals surface area contributed by atoms with E-state index in [1.165, 1.54) is 12.8 Å². The predicted molar refractivity (Wildman–Crippen MR) is 64.2 cm³/mol. The molecule has 3 atom stereocenters. The van der Waals surface area contributed by atoms with E-state index < -0.39 is 0 Å². The lowest BCUT2D eigenvalue weighted by Gasteiger charge is -2.27. The molecule has 0 amide bonds. The Morgan fingerprint density at radius 1 is 1.53 bits per heavy atom. The van der Waals surface area contributed by atoms with Gasteiger partial charge in [0.2, 0.25) is 0 Å². The van der Waals surface area contributed by atoms with E-state index >= 15 is 0 Å². The van der Waals surface area contributed by atoms with Crippen LogP contribution in [0.3, 0.4) is 0 Å². The third-order valence-electron chi connectivity index (χ3n) is 3.47. The van der Waals surface area contributed by atoms with Crippen LogP contribution < -0.4 is 5.32 Å². The second-order valence-corrected chi connectivity index (χ2v) is 4.68. The molecule has 0 bridgehead atoms. The Balaban J connectivity index is 2.15. The molecule has 3 heteroatoms. The van der Waals surface area contributed by atoms with Crippen molar-refractivity contribution in [1.29, 1.82) is 0 Å². The summed E-state index contributed by atoms with van der Waals surface area (Å²) >= 11 is 0. The molecule has 1 N–H and O–H groups in total. The molecule has 1 aliphatic rings. The highest BCUT2D eigenvalue weighted by molar-refractivity contribution is 4.80. The van der Waals surface area contributed by atoms with Gasteiger partial charge in [0.05, 0.1) is 6.10 Å². The van der Waals surface area contributed by atoms with Crippen molar-refractivity contribution < 1.29 is 4.74 Å². The average molecular weight is 214 g/mol. The van der Waals surface area contributed by atoms with E-state index in [9.17, 15) is 0 Å². The summed E-state index contributed by atoms with van der Waals surface area (Å²) < 4.78 is 5.57. The number of nitrogens with zero attached hydrogens (tertiary/aromatic N) is 1. The summed E-state index contributed by atoms with van der Waals surface area (Å²) in [4.78, 5) is 2.42. The summed E-state index contributed by atoms with van der Waals surface area (Å²) in [5, 5.41) is 3.52. The molecule has 0 saturated carbocycles. The highest BCUT2D eigenvalue weighted by Gasteiger charge is 2.27. The van der Waals surface area contributed by atoms with Gasteiger partial charge in [-0.3, -0.25) is 4.90 Å². The van der Waals surface area contributed by atoms with E-state index in [2.05, 4.69) is 38.0 Å². The van der Waals surface area contributed by atoms with E-state index in [0.717, 1.165) is 19.7 Å². The van der Waals surface area contributed by atoms with Gasteiger partial charge >= 0.3 is 0 Å². The summed E-state index contributed by atoms with van der Waals surface area (Å²) in [6, 6.07) is 1.25. The second kappa shape index (κ2) is 6.46. The summed E-state index contributed by atoms with van der Waals surface area (Å²) in [6.45, 7) is 9.75. The van der Waals surface area contributed by atoms with Crippen molar-refractivity contribution in [1.82, 2.24) is 10.2 Å². The van der Waals surface area contributed by atoms with Crippen LogP contribution in [0.4, 0.5) is 0 Å². The smallest absolute Gasteiger partial charge is 0.0702 e. The second-order valence-electron chi connectivity index (χ2n) is 4.68. The Morgan fingerprint density at radius 3 is 2.80 bits per heavy atom. The van der Waals surface area contributed by atoms with Gasteiger partial charge in [0.15, 0.2) is 0 Å². The van der Waals surface area contributed by atoms with Crippen LogP contribution in [-0.4, -0.2) is 49.8 Å². The lowest BCUT2D eigenvalue weighted by Crippen LogP contribution is -2.41. The van der Waals surface area contributed by atoms with E-state index in [-0.39, 0.29) is 0 Å². The first-order valence-electron chi connectivity index (χ1n) is 6.20. The Morgan fingerprint density at radius 2 is 2.27 bits per heavy atom. The standard InChI is InChI=1S/C12H26N2O/c1-5-10(2)13-7-8-14(4)12-6-9-15-11(12)3/h10-13H,5-9H2,1-4H3. The molecule has 0 aliphatic carbocycles. The van der Waals surface area contributed by atoms with Crippen molar-refractivity contribution >= 4 is 0 Å². The van der Waals surface area contributed by atoms with Crippen LogP contribution in [-0.2, 0) is 4.74 Å². The molecule has 1 saturated heterocycles. The number of nitrogens with one attached hydrogen (secondary N) is 1. The Bertz CT molecular complexity index is 175. The third kappa shape index (κ3) is 4.09. The topological polar surface area (TPSA) is 24.5 Å². The number of likely N-dealkylation sites (N-methyl/N-ethyl adjacent to an activating group) is 1. The minimum atomic E-state index is 0.401. The van der Waals surface area contributed by atoms with Crippen LogP contribution in [0.2, 0.25) is 0 Å². The molecule has 90 valence electrons. The molecule has 0 radical (unpaired) electrons. The molecular weight excluding hydrogens is 188 g/mol. The fourth-order valence-corrected chi connectivity index (χ4v) is 2.10. The molecular formula is C12H26N2O.